The molecule has 2 aromatic rings. The van der Waals surface area contributed by atoms with Gasteiger partial charge in [0.2, 0.25) is 0 Å². The SMILES string of the molecule is CC(Oc1ccccc1)C(=O)N[C@H](CO)c1ccccc1. The molecule has 0 radical (unpaired) electrons. The number of ether oxygens (including phenoxy) is 1. The molecule has 2 N–H and O–H groups in total. The number of hydrogen-bond acceptors (Lipinski definition) is 3. The maximum atomic E-state index is 12.1. The first kappa shape index (κ1) is 15.1. The van der Waals surface area contributed by atoms with E-state index in [0.29, 0.717) is 5.75 Å². The number of aliphatic hydroxyl groups is 1. The molecule has 0 fully saturated rings. The van der Waals surface area contributed by atoms with Gasteiger partial charge in [-0.2, -0.15) is 0 Å². The summed E-state index contributed by atoms with van der Waals surface area (Å²) in [6, 6.07) is 18.1. The maximum absolute atomic E-state index is 12.1. The van der Waals surface area contributed by atoms with E-state index in [2.05, 4.69) is 5.32 Å². The number of amides is 1. The Morgan fingerprint density at radius 2 is 1.67 bits per heavy atom. The summed E-state index contributed by atoms with van der Waals surface area (Å²) < 4.78 is 5.56. The molecule has 0 spiro atoms. The van der Waals surface area contributed by atoms with Crippen molar-refractivity contribution in [1.29, 1.82) is 0 Å². The Balaban J connectivity index is 1.96. The van der Waals surface area contributed by atoms with Crippen LogP contribution in [-0.2, 0) is 4.79 Å². The van der Waals surface area contributed by atoms with Gasteiger partial charge < -0.3 is 15.2 Å². The average molecular weight is 285 g/mol. The predicted molar refractivity (Wildman–Crippen MR) is 80.9 cm³/mol. The summed E-state index contributed by atoms with van der Waals surface area (Å²) in [6.07, 6.45) is -0.634. The summed E-state index contributed by atoms with van der Waals surface area (Å²) in [5.41, 5.74) is 0.861. The van der Waals surface area contributed by atoms with Gasteiger partial charge in [0.15, 0.2) is 6.10 Å². The van der Waals surface area contributed by atoms with Crippen LogP contribution in [0.25, 0.3) is 0 Å². The largest absolute Gasteiger partial charge is 0.481 e. The van der Waals surface area contributed by atoms with Crippen LogP contribution in [0.3, 0.4) is 0 Å². The van der Waals surface area contributed by atoms with Crippen molar-refractivity contribution in [3.8, 4) is 5.75 Å². The lowest BCUT2D eigenvalue weighted by molar-refractivity contribution is -0.128. The zero-order chi connectivity index (χ0) is 15.1. The van der Waals surface area contributed by atoms with E-state index < -0.39 is 12.1 Å². The van der Waals surface area contributed by atoms with Crippen molar-refractivity contribution in [3.05, 3.63) is 66.2 Å². The zero-order valence-corrected chi connectivity index (χ0v) is 11.9. The Kier molecular flexibility index (Phi) is 5.35. The highest BCUT2D eigenvalue weighted by molar-refractivity contribution is 5.81. The highest BCUT2D eigenvalue weighted by Crippen LogP contribution is 2.14. The van der Waals surface area contributed by atoms with Gasteiger partial charge in [-0.05, 0) is 24.6 Å². The van der Waals surface area contributed by atoms with Crippen LogP contribution in [-0.4, -0.2) is 23.7 Å². The highest BCUT2D eigenvalue weighted by atomic mass is 16.5. The molecule has 0 aromatic heterocycles. The standard InChI is InChI=1S/C17H19NO3/c1-13(21-15-10-6-3-7-11-15)17(20)18-16(12-19)14-8-4-2-5-9-14/h2-11,13,16,19H,12H2,1H3,(H,18,20)/t13?,16-/m1/s1. The molecule has 0 aliphatic rings. The smallest absolute Gasteiger partial charge is 0.261 e. The Morgan fingerprint density at radius 3 is 2.24 bits per heavy atom. The average Bonchev–Trinajstić information content (AvgIpc) is 2.54. The first-order chi connectivity index (χ1) is 10.2. The molecular formula is C17H19NO3. The van der Waals surface area contributed by atoms with Crippen molar-refractivity contribution in [3.63, 3.8) is 0 Å². The van der Waals surface area contributed by atoms with Gasteiger partial charge in [0.25, 0.3) is 5.91 Å². The highest BCUT2D eigenvalue weighted by Gasteiger charge is 2.19. The van der Waals surface area contributed by atoms with Gasteiger partial charge in [0.05, 0.1) is 12.6 Å². The van der Waals surface area contributed by atoms with E-state index in [1.54, 1.807) is 19.1 Å². The van der Waals surface area contributed by atoms with Gasteiger partial charge in [-0.3, -0.25) is 4.79 Å². The molecule has 0 heterocycles. The Morgan fingerprint density at radius 1 is 1.10 bits per heavy atom. The van der Waals surface area contributed by atoms with Crippen LogP contribution < -0.4 is 10.1 Å². The van der Waals surface area contributed by atoms with Crippen LogP contribution in [0.5, 0.6) is 5.75 Å². The normalized spacial score (nSPS) is 13.2. The summed E-state index contributed by atoms with van der Waals surface area (Å²) in [5.74, 6) is 0.377. The molecular weight excluding hydrogens is 266 g/mol. The third-order valence-electron chi connectivity index (χ3n) is 3.13. The lowest BCUT2D eigenvalue weighted by Gasteiger charge is -2.20. The van der Waals surface area contributed by atoms with Crippen LogP contribution in [0, 0.1) is 0 Å². The third-order valence-corrected chi connectivity index (χ3v) is 3.13. The van der Waals surface area contributed by atoms with Crippen LogP contribution in [0.15, 0.2) is 60.7 Å². The summed E-state index contributed by atoms with van der Waals surface area (Å²) in [5, 5.41) is 12.2. The number of carbonyl (C=O) groups excluding carboxylic acids is 1. The van der Waals surface area contributed by atoms with E-state index in [4.69, 9.17) is 4.74 Å². The second-order valence-corrected chi connectivity index (χ2v) is 4.73. The first-order valence-corrected chi connectivity index (χ1v) is 6.88. The minimum Gasteiger partial charge on any atom is -0.481 e. The number of carbonyl (C=O) groups is 1. The van der Waals surface area contributed by atoms with Gasteiger partial charge in [0, 0.05) is 0 Å². The molecule has 1 amide bonds. The second-order valence-electron chi connectivity index (χ2n) is 4.73. The van der Waals surface area contributed by atoms with Crippen molar-refractivity contribution < 1.29 is 14.6 Å². The van der Waals surface area contributed by atoms with Gasteiger partial charge in [-0.25, -0.2) is 0 Å². The monoisotopic (exact) mass is 285 g/mol. The third kappa shape index (κ3) is 4.33. The topological polar surface area (TPSA) is 58.6 Å². The van der Waals surface area contributed by atoms with Crippen molar-refractivity contribution in [2.75, 3.05) is 6.61 Å². The molecule has 2 aromatic carbocycles. The lowest BCUT2D eigenvalue weighted by atomic mass is 10.1. The van der Waals surface area contributed by atoms with Gasteiger partial charge in [0.1, 0.15) is 5.75 Å². The maximum Gasteiger partial charge on any atom is 0.261 e. The van der Waals surface area contributed by atoms with E-state index in [-0.39, 0.29) is 12.5 Å². The van der Waals surface area contributed by atoms with E-state index in [1.807, 2.05) is 48.5 Å². The number of benzene rings is 2. The summed E-state index contributed by atoms with van der Waals surface area (Å²) in [4.78, 5) is 12.1. The fourth-order valence-electron chi connectivity index (χ4n) is 1.97. The van der Waals surface area contributed by atoms with Crippen LogP contribution in [0.1, 0.15) is 18.5 Å². The van der Waals surface area contributed by atoms with E-state index in [0.717, 1.165) is 5.56 Å². The van der Waals surface area contributed by atoms with Gasteiger partial charge in [-0.1, -0.05) is 48.5 Å². The van der Waals surface area contributed by atoms with Crippen molar-refractivity contribution in [2.24, 2.45) is 0 Å². The fourth-order valence-corrected chi connectivity index (χ4v) is 1.97. The van der Waals surface area contributed by atoms with Gasteiger partial charge >= 0.3 is 0 Å². The number of para-hydroxylation sites is 1. The minimum absolute atomic E-state index is 0.159. The molecule has 0 saturated carbocycles. The van der Waals surface area contributed by atoms with E-state index in [1.165, 1.54) is 0 Å². The lowest BCUT2D eigenvalue weighted by Crippen LogP contribution is -2.39. The predicted octanol–water partition coefficient (Wildman–Crippen LogP) is 2.30. The first-order valence-electron chi connectivity index (χ1n) is 6.88. The minimum atomic E-state index is -0.634. The Labute approximate surface area is 124 Å². The zero-order valence-electron chi connectivity index (χ0n) is 11.9. The molecule has 2 rings (SSSR count). The molecule has 21 heavy (non-hydrogen) atoms. The number of nitrogens with one attached hydrogen (secondary N) is 1. The molecule has 0 aliphatic carbocycles. The molecule has 2 atom stereocenters. The van der Waals surface area contributed by atoms with Gasteiger partial charge in [-0.15, -0.1) is 0 Å². The molecule has 4 heteroatoms. The number of aliphatic hydroxyl groups excluding tert-OH is 1. The fraction of sp³-hybridized carbons (Fsp3) is 0.235. The molecule has 110 valence electrons. The summed E-state index contributed by atoms with van der Waals surface area (Å²) in [7, 11) is 0. The molecule has 0 saturated heterocycles. The van der Waals surface area contributed by atoms with Crippen molar-refractivity contribution in [2.45, 2.75) is 19.1 Å². The van der Waals surface area contributed by atoms with E-state index in [9.17, 15) is 9.90 Å². The molecule has 0 bridgehead atoms. The molecule has 0 aliphatic heterocycles. The van der Waals surface area contributed by atoms with Crippen LogP contribution in [0.2, 0.25) is 0 Å². The number of rotatable bonds is 6. The number of hydrogen-bond donors (Lipinski definition) is 2. The van der Waals surface area contributed by atoms with Crippen molar-refractivity contribution in [1.82, 2.24) is 5.32 Å². The van der Waals surface area contributed by atoms with E-state index >= 15 is 0 Å². The summed E-state index contributed by atoms with van der Waals surface area (Å²) in [6.45, 7) is 1.52. The second kappa shape index (κ2) is 7.45. The van der Waals surface area contributed by atoms with Crippen LogP contribution in [0.4, 0.5) is 0 Å². The molecule has 4 nitrogen and oxygen atoms in total. The molecule has 1 unspecified atom stereocenters. The summed E-state index contributed by atoms with van der Waals surface area (Å²) >= 11 is 0. The quantitative estimate of drug-likeness (QED) is 0.856. The Bertz CT molecular complexity index is 557. The Hall–Kier alpha value is -2.33. The van der Waals surface area contributed by atoms with Crippen LogP contribution >= 0.6 is 0 Å². The van der Waals surface area contributed by atoms with Crippen molar-refractivity contribution >= 4 is 5.91 Å².